The number of benzene rings is 1. The third-order valence-corrected chi connectivity index (χ3v) is 7.32. The number of imidazole rings is 2. The molecule has 4 heterocycles. The van der Waals surface area contributed by atoms with Crippen molar-refractivity contribution in [3.63, 3.8) is 0 Å². The van der Waals surface area contributed by atoms with Crippen LogP contribution in [-0.4, -0.2) is 69.2 Å². The van der Waals surface area contributed by atoms with Crippen molar-refractivity contribution in [2.75, 3.05) is 44.2 Å². The molecule has 2 saturated heterocycles. The fourth-order valence-corrected chi connectivity index (χ4v) is 5.33. The Labute approximate surface area is 202 Å². The molecule has 8 nitrogen and oxygen atoms in total. The lowest BCUT2D eigenvalue weighted by molar-refractivity contribution is -0.125. The van der Waals surface area contributed by atoms with E-state index in [0.29, 0.717) is 6.54 Å². The van der Waals surface area contributed by atoms with E-state index in [1.807, 2.05) is 17.1 Å². The van der Waals surface area contributed by atoms with Gasteiger partial charge in [0.15, 0.2) is 0 Å². The van der Waals surface area contributed by atoms with Crippen LogP contribution >= 0.6 is 0 Å². The van der Waals surface area contributed by atoms with Crippen LogP contribution in [0.1, 0.15) is 38.5 Å². The van der Waals surface area contributed by atoms with Gasteiger partial charge in [0.1, 0.15) is 0 Å². The van der Waals surface area contributed by atoms with Crippen molar-refractivity contribution in [3.05, 3.63) is 43.0 Å². The summed E-state index contributed by atoms with van der Waals surface area (Å²) in [6, 6.07) is 8.47. The van der Waals surface area contributed by atoms with E-state index in [1.54, 1.807) is 6.20 Å². The van der Waals surface area contributed by atoms with E-state index < -0.39 is 0 Å². The first-order chi connectivity index (χ1) is 16.8. The van der Waals surface area contributed by atoms with Crippen LogP contribution in [0.15, 0.2) is 43.0 Å². The van der Waals surface area contributed by atoms with Crippen molar-refractivity contribution >= 4 is 22.9 Å². The molecule has 2 aromatic heterocycles. The number of carbonyl (C=O) groups is 1. The largest absolute Gasteiger partial charge is 0.356 e. The van der Waals surface area contributed by atoms with Gasteiger partial charge in [-0.3, -0.25) is 4.79 Å². The van der Waals surface area contributed by atoms with E-state index in [2.05, 4.69) is 48.9 Å². The third-order valence-electron chi connectivity index (χ3n) is 7.32. The third kappa shape index (κ3) is 5.43. The van der Waals surface area contributed by atoms with Crippen LogP contribution in [0.3, 0.4) is 0 Å². The van der Waals surface area contributed by atoms with Crippen LogP contribution in [0, 0.1) is 5.92 Å². The molecule has 34 heavy (non-hydrogen) atoms. The molecule has 8 heteroatoms. The molecule has 2 fully saturated rings. The summed E-state index contributed by atoms with van der Waals surface area (Å²) >= 11 is 0. The lowest BCUT2D eigenvalue weighted by atomic mass is 9.96. The molecule has 3 aromatic rings. The minimum Gasteiger partial charge on any atom is -0.356 e. The van der Waals surface area contributed by atoms with Crippen LogP contribution in [0.5, 0.6) is 0 Å². The second kappa shape index (κ2) is 11.0. The molecule has 1 N–H and O–H groups in total. The van der Waals surface area contributed by atoms with E-state index in [9.17, 15) is 4.79 Å². The van der Waals surface area contributed by atoms with Gasteiger partial charge in [0.2, 0.25) is 11.9 Å². The molecule has 2 aliphatic heterocycles. The topological polar surface area (TPSA) is 71.2 Å². The van der Waals surface area contributed by atoms with Gasteiger partial charge in [-0.05, 0) is 57.3 Å². The van der Waals surface area contributed by atoms with Gasteiger partial charge >= 0.3 is 0 Å². The summed E-state index contributed by atoms with van der Waals surface area (Å²) in [7, 11) is 0. The highest BCUT2D eigenvalue weighted by atomic mass is 16.1. The quantitative estimate of drug-likeness (QED) is 0.494. The second-order valence-corrected chi connectivity index (χ2v) is 9.66. The molecule has 0 unspecified atom stereocenters. The van der Waals surface area contributed by atoms with E-state index >= 15 is 0 Å². The molecular weight excluding hydrogens is 426 g/mol. The molecule has 1 amide bonds. The van der Waals surface area contributed by atoms with Crippen LogP contribution in [0.25, 0.3) is 11.0 Å². The molecule has 0 aliphatic carbocycles. The first-order valence-electron chi connectivity index (χ1n) is 12.9. The minimum absolute atomic E-state index is 0.0932. The Kier molecular flexibility index (Phi) is 7.43. The number of para-hydroxylation sites is 2. The summed E-state index contributed by atoms with van der Waals surface area (Å²) in [5.74, 6) is 1.36. The summed E-state index contributed by atoms with van der Waals surface area (Å²) < 4.78 is 4.45. The molecule has 0 radical (unpaired) electrons. The van der Waals surface area contributed by atoms with Gasteiger partial charge < -0.3 is 24.3 Å². The number of nitrogens with one attached hydrogen (secondary N) is 1. The fraction of sp³-hybridized carbons (Fsp3) is 0.577. The number of anilines is 1. The van der Waals surface area contributed by atoms with Crippen molar-refractivity contribution in [1.29, 1.82) is 0 Å². The van der Waals surface area contributed by atoms with E-state index in [0.717, 1.165) is 63.5 Å². The first-order valence-corrected chi connectivity index (χ1v) is 12.9. The maximum Gasteiger partial charge on any atom is 0.223 e. The molecule has 0 saturated carbocycles. The van der Waals surface area contributed by atoms with Gasteiger partial charge in [-0.15, -0.1) is 0 Å². The summed E-state index contributed by atoms with van der Waals surface area (Å²) in [5.41, 5.74) is 2.28. The van der Waals surface area contributed by atoms with Crippen molar-refractivity contribution in [3.8, 4) is 0 Å². The number of carbonyl (C=O) groups excluding carboxylic acids is 1. The molecule has 0 bridgehead atoms. The number of likely N-dealkylation sites (tertiary alicyclic amines) is 1. The highest BCUT2D eigenvalue weighted by Crippen LogP contribution is 2.27. The van der Waals surface area contributed by atoms with Crippen LogP contribution in [0.4, 0.5) is 5.95 Å². The number of aryl methyl sites for hydroxylation is 1. The zero-order valence-corrected chi connectivity index (χ0v) is 20.1. The molecule has 1 aromatic carbocycles. The Morgan fingerprint density at radius 2 is 1.82 bits per heavy atom. The monoisotopic (exact) mass is 463 g/mol. The highest BCUT2D eigenvalue weighted by Gasteiger charge is 2.27. The van der Waals surface area contributed by atoms with Gasteiger partial charge in [-0.25, -0.2) is 9.97 Å². The number of piperidine rings is 2. The number of amides is 1. The lowest BCUT2D eigenvalue weighted by Gasteiger charge is -2.33. The van der Waals surface area contributed by atoms with Gasteiger partial charge in [0, 0.05) is 57.6 Å². The molecule has 0 spiro atoms. The van der Waals surface area contributed by atoms with Crippen molar-refractivity contribution < 1.29 is 4.79 Å². The van der Waals surface area contributed by atoms with Crippen molar-refractivity contribution in [1.82, 2.24) is 29.3 Å². The highest BCUT2D eigenvalue weighted by molar-refractivity contribution is 5.80. The molecule has 2 aliphatic rings. The van der Waals surface area contributed by atoms with Crippen LogP contribution in [-0.2, 0) is 17.9 Å². The zero-order chi connectivity index (χ0) is 23.2. The zero-order valence-electron chi connectivity index (χ0n) is 20.1. The number of aromatic nitrogens is 4. The average Bonchev–Trinajstić information content (AvgIpc) is 3.54. The second-order valence-electron chi connectivity index (χ2n) is 9.66. The first kappa shape index (κ1) is 22.9. The molecule has 0 atom stereocenters. The smallest absolute Gasteiger partial charge is 0.223 e. The number of nitrogens with zero attached hydrogens (tertiary/aromatic N) is 6. The normalized spacial score (nSPS) is 17.9. The number of hydrogen-bond donors (Lipinski definition) is 1. The van der Waals surface area contributed by atoms with Crippen LogP contribution in [0.2, 0.25) is 0 Å². The van der Waals surface area contributed by atoms with Crippen molar-refractivity contribution in [2.24, 2.45) is 5.92 Å². The standard InChI is InChI=1S/C26H37N7O/c34-25(28-11-6-15-31-18-12-27-21-31)22-9-16-32(17-10-22)26-29-23-7-2-3-8-24(23)33(26)20-19-30-13-4-1-5-14-30/h2-3,7-8,12,18,21-22H,1,4-6,9-11,13-17,19-20H2,(H,28,34). The van der Waals surface area contributed by atoms with E-state index in [4.69, 9.17) is 4.98 Å². The Bertz CT molecular complexity index is 1050. The molecule has 5 rings (SSSR count). The number of hydrogen-bond acceptors (Lipinski definition) is 5. The SMILES string of the molecule is O=C(NCCCn1ccnc1)C1CCN(c2nc3ccccc3n2CCN2CCCCC2)CC1. The molecule has 182 valence electrons. The van der Waals surface area contributed by atoms with Gasteiger partial charge in [-0.2, -0.15) is 0 Å². The Morgan fingerprint density at radius 3 is 2.62 bits per heavy atom. The maximum absolute atomic E-state index is 12.7. The van der Waals surface area contributed by atoms with E-state index in [1.165, 1.54) is 37.9 Å². The fourth-order valence-electron chi connectivity index (χ4n) is 5.33. The van der Waals surface area contributed by atoms with Crippen molar-refractivity contribution in [2.45, 2.75) is 51.6 Å². The lowest BCUT2D eigenvalue weighted by Crippen LogP contribution is -2.42. The summed E-state index contributed by atoms with van der Waals surface area (Å²) in [4.78, 5) is 26.8. The summed E-state index contributed by atoms with van der Waals surface area (Å²) in [5, 5.41) is 3.14. The minimum atomic E-state index is 0.0932. The Hall–Kier alpha value is -2.87. The average molecular weight is 464 g/mol. The van der Waals surface area contributed by atoms with Gasteiger partial charge in [-0.1, -0.05) is 18.6 Å². The Morgan fingerprint density at radius 1 is 1.00 bits per heavy atom. The molecular formula is C26H37N7O. The summed E-state index contributed by atoms with van der Waals surface area (Å²) in [6.07, 6.45) is 12.2. The van der Waals surface area contributed by atoms with Gasteiger partial charge in [0.25, 0.3) is 0 Å². The predicted octanol–water partition coefficient (Wildman–Crippen LogP) is 3.14. The Balaban J connectivity index is 1.16. The van der Waals surface area contributed by atoms with Gasteiger partial charge in [0.05, 0.1) is 17.4 Å². The number of rotatable bonds is 9. The van der Waals surface area contributed by atoms with Crippen LogP contribution < -0.4 is 10.2 Å². The summed E-state index contributed by atoms with van der Waals surface area (Å²) in [6.45, 7) is 7.81. The van der Waals surface area contributed by atoms with E-state index in [-0.39, 0.29) is 11.8 Å². The maximum atomic E-state index is 12.7. The number of fused-ring (bicyclic) bond motifs is 1. The predicted molar refractivity (Wildman–Crippen MR) is 135 cm³/mol.